The molecule has 57 heavy (non-hydrogen) atoms. The fraction of sp³-hybridized carbons (Fsp3) is 0.641. The van der Waals surface area contributed by atoms with E-state index in [2.05, 4.69) is 6.58 Å². The molecule has 2 saturated carbocycles. The van der Waals surface area contributed by atoms with E-state index in [1.165, 1.54) is 39.4 Å². The molecule has 18 nitrogen and oxygen atoms in total. The highest BCUT2D eigenvalue weighted by Crippen LogP contribution is 2.68. The monoisotopic (exact) mass is 806 g/mol. The minimum Gasteiger partial charge on any atom is -0.472 e. The number of rotatable bonds is 14. The maximum Gasteiger partial charge on any atom is 0.506 e. The first kappa shape index (κ1) is 44.5. The second-order valence-corrected chi connectivity index (χ2v) is 15.5. The molecule has 0 unspecified atom stereocenters. The molecular formula is C39H50O18. The van der Waals surface area contributed by atoms with Crippen LogP contribution < -0.4 is 0 Å². The molecule has 4 rings (SSSR count). The van der Waals surface area contributed by atoms with Gasteiger partial charge in [0.15, 0.2) is 11.4 Å². The number of methoxy groups -OCH3 is 1. The number of hydrogen-bond acceptors (Lipinski definition) is 17. The minimum absolute atomic E-state index is 0.00348. The molecule has 1 aliphatic heterocycles. The van der Waals surface area contributed by atoms with E-state index in [1.807, 2.05) is 0 Å². The van der Waals surface area contributed by atoms with Crippen molar-refractivity contribution in [2.45, 2.75) is 116 Å². The normalized spacial score (nSPS) is 34.6. The van der Waals surface area contributed by atoms with Crippen LogP contribution in [0.4, 0.5) is 4.79 Å². The van der Waals surface area contributed by atoms with Crippen LogP contribution in [0, 0.1) is 28.6 Å². The van der Waals surface area contributed by atoms with Crippen LogP contribution in [0.15, 0.2) is 35.2 Å². The molecule has 3 aliphatic rings. The third-order valence-corrected chi connectivity index (χ3v) is 12.4. The van der Waals surface area contributed by atoms with Crippen LogP contribution in [-0.4, -0.2) is 108 Å². The zero-order valence-corrected chi connectivity index (χ0v) is 33.1. The average molecular weight is 807 g/mol. The van der Waals surface area contributed by atoms with E-state index < -0.39 is 138 Å². The number of furan rings is 1. The lowest BCUT2D eigenvalue weighted by atomic mass is 9.46. The molecule has 0 bridgehead atoms. The van der Waals surface area contributed by atoms with Gasteiger partial charge in [0.2, 0.25) is 6.10 Å². The van der Waals surface area contributed by atoms with Gasteiger partial charge in [0.1, 0.15) is 30.5 Å². The van der Waals surface area contributed by atoms with Gasteiger partial charge >= 0.3 is 36.0 Å². The van der Waals surface area contributed by atoms with Crippen LogP contribution >= 0.6 is 0 Å². The number of carboxylic acid groups (broad SMARTS) is 1. The van der Waals surface area contributed by atoms with E-state index in [1.54, 1.807) is 13.8 Å². The van der Waals surface area contributed by atoms with Gasteiger partial charge in [0.25, 0.3) is 6.47 Å². The third kappa shape index (κ3) is 7.75. The van der Waals surface area contributed by atoms with Gasteiger partial charge in [-0.05, 0) is 30.5 Å². The Bertz CT molecular complexity index is 1770. The van der Waals surface area contributed by atoms with Gasteiger partial charge in [-0.1, -0.05) is 34.3 Å². The fourth-order valence-corrected chi connectivity index (χ4v) is 9.41. The van der Waals surface area contributed by atoms with Crippen LogP contribution in [0.1, 0.15) is 85.6 Å². The molecule has 2 heterocycles. The molecule has 1 aromatic rings. The van der Waals surface area contributed by atoms with E-state index in [0.717, 1.165) is 21.0 Å². The predicted molar refractivity (Wildman–Crippen MR) is 189 cm³/mol. The van der Waals surface area contributed by atoms with Crippen LogP contribution in [0.2, 0.25) is 0 Å². The summed E-state index contributed by atoms with van der Waals surface area (Å²) in [5.74, 6) is -10.5. The number of fused-ring (bicyclic) bond motifs is 1. The Kier molecular flexibility index (Phi) is 13.0. The predicted octanol–water partition coefficient (Wildman–Crippen LogP) is 3.21. The lowest BCUT2D eigenvalue weighted by Crippen LogP contribution is -2.72. The quantitative estimate of drug-likeness (QED) is 0.118. The van der Waals surface area contributed by atoms with Crippen LogP contribution in [0.3, 0.4) is 0 Å². The molecule has 0 aromatic carbocycles. The van der Waals surface area contributed by atoms with Gasteiger partial charge in [-0.15, -0.1) is 0 Å². The van der Waals surface area contributed by atoms with Gasteiger partial charge in [0.05, 0.1) is 37.9 Å². The molecule has 1 aromatic heterocycles. The summed E-state index contributed by atoms with van der Waals surface area (Å²) in [6.07, 6.45) is -7.94. The zero-order chi connectivity index (χ0) is 42.8. The van der Waals surface area contributed by atoms with Crippen molar-refractivity contribution < 1.29 is 86.1 Å². The number of esters is 5. The largest absolute Gasteiger partial charge is 0.506 e. The highest BCUT2D eigenvalue weighted by molar-refractivity contribution is 5.96. The Balaban J connectivity index is 2.14. The smallest absolute Gasteiger partial charge is 0.472 e. The van der Waals surface area contributed by atoms with Crippen molar-refractivity contribution >= 4 is 48.3 Å². The SMILES string of the molecule is C=C1[C@@H]([C@@]2(C)[C@@H](OC(=O)O)CC(=O)O[C@](C)(COC(C)=O)[C@@H]2CC(=O)OC)[C@@H](OC=O)[C@H](OC(=O)[C@H](OC(C)=O)[C@H](C)CC)[C@]2(C)[C@@H](c3ccoc3)CC(=O)[C@]12O. The number of ether oxygens (including phenoxy) is 7. The Morgan fingerprint density at radius 2 is 1.74 bits per heavy atom. The number of cyclic esters (lactones) is 1. The molecule has 18 heteroatoms. The van der Waals surface area contributed by atoms with Gasteiger partial charge in [0, 0.05) is 49.4 Å². The molecule has 2 N–H and O–H groups in total. The zero-order valence-electron chi connectivity index (χ0n) is 33.1. The highest BCUT2D eigenvalue weighted by atomic mass is 16.7. The summed E-state index contributed by atoms with van der Waals surface area (Å²) in [4.78, 5) is 105. The van der Waals surface area contributed by atoms with Crippen LogP contribution in [0.5, 0.6) is 0 Å². The minimum atomic E-state index is -2.70. The molecule has 0 amide bonds. The Labute approximate surface area is 328 Å². The lowest BCUT2D eigenvalue weighted by molar-refractivity contribution is -0.238. The van der Waals surface area contributed by atoms with Gasteiger partial charge < -0.3 is 47.8 Å². The number of Topliss-reactive ketones (excluding diaryl/α,β-unsaturated/α-hetero) is 1. The van der Waals surface area contributed by atoms with Crippen molar-refractivity contribution in [3.05, 3.63) is 36.3 Å². The summed E-state index contributed by atoms with van der Waals surface area (Å²) in [6, 6.07) is 1.53. The van der Waals surface area contributed by atoms with Crippen molar-refractivity contribution in [2.24, 2.45) is 28.6 Å². The summed E-state index contributed by atoms with van der Waals surface area (Å²) in [7, 11) is 1.06. The van der Waals surface area contributed by atoms with E-state index in [-0.39, 0.29) is 12.0 Å². The molecule has 314 valence electrons. The van der Waals surface area contributed by atoms with Crippen LogP contribution in [-0.2, 0) is 66.7 Å². The fourth-order valence-electron chi connectivity index (χ4n) is 9.41. The highest BCUT2D eigenvalue weighted by Gasteiger charge is 2.78. The maximum absolute atomic E-state index is 14.5. The first-order chi connectivity index (χ1) is 26.6. The molecule has 0 spiro atoms. The maximum atomic E-state index is 14.5. The molecular weight excluding hydrogens is 756 g/mol. The number of ketones is 1. The van der Waals surface area contributed by atoms with Crippen molar-refractivity contribution in [3.8, 4) is 0 Å². The van der Waals surface area contributed by atoms with Crippen molar-refractivity contribution in [1.29, 1.82) is 0 Å². The van der Waals surface area contributed by atoms with Crippen LogP contribution in [0.25, 0.3) is 0 Å². The van der Waals surface area contributed by atoms with Crippen molar-refractivity contribution in [3.63, 3.8) is 0 Å². The van der Waals surface area contributed by atoms with E-state index in [9.17, 15) is 48.6 Å². The number of hydrogen-bond donors (Lipinski definition) is 2. The summed E-state index contributed by atoms with van der Waals surface area (Å²) in [5, 5.41) is 23.2. The molecule has 12 atom stereocenters. The second kappa shape index (κ2) is 16.7. The van der Waals surface area contributed by atoms with Gasteiger partial charge in [-0.2, -0.15) is 0 Å². The first-order valence-electron chi connectivity index (χ1n) is 18.3. The summed E-state index contributed by atoms with van der Waals surface area (Å²) in [5.41, 5.74) is -8.80. The Morgan fingerprint density at radius 1 is 1.07 bits per heavy atom. The Hall–Kier alpha value is -5.26. The number of carbonyl (C=O) groups is 8. The van der Waals surface area contributed by atoms with Gasteiger partial charge in [-0.25, -0.2) is 9.59 Å². The van der Waals surface area contributed by atoms with Crippen molar-refractivity contribution in [1.82, 2.24) is 0 Å². The molecule has 2 aliphatic carbocycles. The number of carbonyl (C=O) groups excluding carboxylic acids is 7. The number of aliphatic hydroxyl groups is 1. The summed E-state index contributed by atoms with van der Waals surface area (Å²) in [6.45, 7) is 13.1. The topological polar surface area (TPSA) is 255 Å². The lowest BCUT2D eigenvalue weighted by Gasteiger charge is -2.61. The van der Waals surface area contributed by atoms with E-state index >= 15 is 0 Å². The molecule has 1 saturated heterocycles. The Morgan fingerprint density at radius 3 is 2.26 bits per heavy atom. The van der Waals surface area contributed by atoms with E-state index in [4.69, 9.17) is 37.6 Å². The second-order valence-electron chi connectivity index (χ2n) is 15.5. The third-order valence-electron chi connectivity index (χ3n) is 12.4. The van der Waals surface area contributed by atoms with Gasteiger partial charge in [-0.3, -0.25) is 28.8 Å². The molecule has 0 radical (unpaired) electrons. The van der Waals surface area contributed by atoms with Crippen molar-refractivity contribution in [2.75, 3.05) is 13.7 Å². The summed E-state index contributed by atoms with van der Waals surface area (Å²) >= 11 is 0. The average Bonchev–Trinajstić information content (AvgIpc) is 3.73. The summed E-state index contributed by atoms with van der Waals surface area (Å²) < 4.78 is 44.4. The van der Waals surface area contributed by atoms with E-state index in [0.29, 0.717) is 12.0 Å². The standard InChI is InChI=1S/C39H50O18/c1-10-19(2)31(54-22(5)42)34(46)56-33-32(53-18-40)30(20(3)39(49)26(43)13-24(38(33,39)8)23-11-12-51-16-23)37(7)25(14-28(44)50-9)36(6,17-52-21(4)41)57-29(45)15-27(37)55-35(47)48/h11-12,16,18-19,24-25,27,30-33,49H,3,10,13-15,17H2,1-2,4-9H3,(H,47,48)/t19-,24-,25+,27+,30-,31-,32-,33+,36-,37-,38+,39-/m1/s1. The molecule has 3 fully saturated rings. The first-order valence-corrected chi connectivity index (χ1v) is 18.3.